The lowest BCUT2D eigenvalue weighted by atomic mass is 9.94. The van der Waals surface area contributed by atoms with Crippen LogP contribution in [0, 0.1) is 0 Å². The summed E-state index contributed by atoms with van der Waals surface area (Å²) in [4.78, 5) is 4.03. The summed E-state index contributed by atoms with van der Waals surface area (Å²) in [5.74, 6) is 0.232. The molecular formula is C14H12Br2ClN. The topological polar surface area (TPSA) is 12.9 Å². The molecular weight excluding hydrogens is 377 g/mol. The van der Waals surface area contributed by atoms with Crippen molar-refractivity contribution < 1.29 is 0 Å². The molecule has 2 rings (SSSR count). The van der Waals surface area contributed by atoms with Crippen molar-refractivity contribution in [2.75, 3.05) is 0 Å². The van der Waals surface area contributed by atoms with Crippen LogP contribution < -0.4 is 0 Å². The first-order valence-corrected chi connectivity index (χ1v) is 7.60. The van der Waals surface area contributed by atoms with Crippen LogP contribution in [0.15, 0.2) is 51.7 Å². The highest BCUT2D eigenvalue weighted by molar-refractivity contribution is 9.11. The molecule has 1 aromatic heterocycles. The number of halogens is 3. The number of nitrogens with zero attached hydrogens (tertiary/aromatic N) is 1. The predicted octanol–water partition coefficient (Wildman–Crippen LogP) is 5.69. The molecule has 18 heavy (non-hydrogen) atoms. The molecule has 0 aliphatic rings. The van der Waals surface area contributed by atoms with E-state index in [9.17, 15) is 0 Å². The molecule has 1 heterocycles. The first kappa shape index (κ1) is 14.0. The monoisotopic (exact) mass is 387 g/mol. The summed E-state index contributed by atoms with van der Waals surface area (Å²) in [6, 6.07) is 10.1. The van der Waals surface area contributed by atoms with Gasteiger partial charge in [0.2, 0.25) is 0 Å². The van der Waals surface area contributed by atoms with Gasteiger partial charge in [0.05, 0.1) is 5.38 Å². The van der Waals surface area contributed by atoms with Crippen LogP contribution in [0.4, 0.5) is 0 Å². The van der Waals surface area contributed by atoms with Gasteiger partial charge in [0.15, 0.2) is 0 Å². The normalized spacial score (nSPS) is 14.2. The van der Waals surface area contributed by atoms with Gasteiger partial charge < -0.3 is 0 Å². The number of benzene rings is 1. The van der Waals surface area contributed by atoms with Crippen LogP contribution in [0.25, 0.3) is 0 Å². The van der Waals surface area contributed by atoms with Crippen molar-refractivity contribution in [2.45, 2.75) is 18.2 Å². The van der Waals surface area contributed by atoms with Crippen molar-refractivity contribution in [2.24, 2.45) is 0 Å². The van der Waals surface area contributed by atoms with E-state index >= 15 is 0 Å². The molecule has 1 aromatic carbocycles. The molecule has 2 aromatic rings. The SMILES string of the molecule is CC(c1ccncc1)C(Cl)c1cc(Br)cc(Br)c1. The van der Waals surface area contributed by atoms with Crippen molar-refractivity contribution in [3.63, 3.8) is 0 Å². The lowest BCUT2D eigenvalue weighted by molar-refractivity contribution is 0.730. The molecule has 0 saturated heterocycles. The average molecular weight is 390 g/mol. The maximum absolute atomic E-state index is 6.57. The highest BCUT2D eigenvalue weighted by Crippen LogP contribution is 2.37. The molecule has 1 nitrogen and oxygen atoms in total. The van der Waals surface area contributed by atoms with Gasteiger partial charge in [0.1, 0.15) is 0 Å². The van der Waals surface area contributed by atoms with Crippen LogP contribution >= 0.6 is 43.5 Å². The zero-order valence-corrected chi connectivity index (χ0v) is 13.7. The predicted molar refractivity (Wildman–Crippen MR) is 83.1 cm³/mol. The van der Waals surface area contributed by atoms with Gasteiger partial charge in [-0.05, 0) is 41.5 Å². The molecule has 0 fully saturated rings. The fourth-order valence-corrected chi connectivity index (χ4v) is 3.46. The molecule has 0 aliphatic heterocycles. The van der Waals surface area contributed by atoms with Gasteiger partial charge in [-0.1, -0.05) is 38.8 Å². The number of hydrogen-bond acceptors (Lipinski definition) is 1. The maximum atomic E-state index is 6.57. The minimum atomic E-state index is -0.0683. The molecule has 94 valence electrons. The summed E-state index contributed by atoms with van der Waals surface area (Å²) in [5.41, 5.74) is 2.29. The first-order valence-electron chi connectivity index (χ1n) is 5.58. The lowest BCUT2D eigenvalue weighted by Crippen LogP contribution is -2.02. The Hall–Kier alpha value is -0.380. The van der Waals surface area contributed by atoms with Crippen LogP contribution in [-0.2, 0) is 0 Å². The van der Waals surface area contributed by atoms with Crippen LogP contribution in [0.5, 0.6) is 0 Å². The van der Waals surface area contributed by atoms with E-state index in [0.717, 1.165) is 14.5 Å². The average Bonchev–Trinajstić information content (AvgIpc) is 2.37. The van der Waals surface area contributed by atoms with Crippen molar-refractivity contribution >= 4 is 43.5 Å². The maximum Gasteiger partial charge on any atom is 0.0651 e. The zero-order valence-electron chi connectivity index (χ0n) is 9.78. The van der Waals surface area contributed by atoms with Gasteiger partial charge in [-0.15, -0.1) is 11.6 Å². The molecule has 2 unspecified atom stereocenters. The molecule has 4 heteroatoms. The minimum Gasteiger partial charge on any atom is -0.265 e. The first-order chi connectivity index (χ1) is 8.58. The van der Waals surface area contributed by atoms with Gasteiger partial charge in [-0.2, -0.15) is 0 Å². The van der Waals surface area contributed by atoms with E-state index in [1.54, 1.807) is 12.4 Å². The van der Waals surface area contributed by atoms with Crippen LogP contribution in [0.3, 0.4) is 0 Å². The summed E-state index contributed by atoms with van der Waals surface area (Å²) in [6.07, 6.45) is 3.60. The van der Waals surface area contributed by atoms with Crippen LogP contribution in [0.2, 0.25) is 0 Å². The zero-order chi connectivity index (χ0) is 13.1. The standard InChI is InChI=1S/C14H12Br2ClN/c1-9(10-2-4-18-5-3-10)14(17)11-6-12(15)8-13(16)7-11/h2-9,14H,1H3. The molecule has 0 N–H and O–H groups in total. The third kappa shape index (κ3) is 3.34. The van der Waals surface area contributed by atoms with Gasteiger partial charge in [-0.25, -0.2) is 0 Å². The Morgan fingerprint density at radius 1 is 1.00 bits per heavy atom. The Morgan fingerprint density at radius 3 is 2.11 bits per heavy atom. The van der Waals surface area contributed by atoms with E-state index in [-0.39, 0.29) is 11.3 Å². The van der Waals surface area contributed by atoms with Gasteiger partial charge in [-0.3, -0.25) is 4.98 Å². The fraction of sp³-hybridized carbons (Fsp3) is 0.214. The third-order valence-electron chi connectivity index (χ3n) is 2.87. The lowest BCUT2D eigenvalue weighted by Gasteiger charge is -2.19. The Labute approximate surface area is 129 Å². The number of pyridine rings is 1. The third-order valence-corrected chi connectivity index (χ3v) is 4.42. The quantitative estimate of drug-likeness (QED) is 0.615. The highest BCUT2D eigenvalue weighted by Gasteiger charge is 2.19. The minimum absolute atomic E-state index is 0.0683. The summed E-state index contributed by atoms with van der Waals surface area (Å²) in [6.45, 7) is 2.13. The van der Waals surface area contributed by atoms with Gasteiger partial charge in [0, 0.05) is 27.3 Å². The second kappa shape index (κ2) is 6.18. The van der Waals surface area contributed by atoms with Crippen LogP contribution in [-0.4, -0.2) is 4.98 Å². The van der Waals surface area contributed by atoms with E-state index in [4.69, 9.17) is 11.6 Å². The Kier molecular flexibility index (Phi) is 4.82. The molecule has 0 aliphatic carbocycles. The van der Waals surface area contributed by atoms with Crippen molar-refractivity contribution in [3.05, 3.63) is 62.8 Å². The molecule has 0 spiro atoms. The fourth-order valence-electron chi connectivity index (χ4n) is 1.86. The number of alkyl halides is 1. The second-order valence-corrected chi connectivity index (χ2v) is 6.48. The van der Waals surface area contributed by atoms with Crippen molar-refractivity contribution in [1.82, 2.24) is 4.98 Å². The van der Waals surface area contributed by atoms with Crippen molar-refractivity contribution in [3.8, 4) is 0 Å². The largest absolute Gasteiger partial charge is 0.265 e. The summed E-state index contributed by atoms with van der Waals surface area (Å²) < 4.78 is 2.05. The second-order valence-electron chi connectivity index (χ2n) is 4.17. The van der Waals surface area contributed by atoms with Crippen molar-refractivity contribution in [1.29, 1.82) is 0 Å². The van der Waals surface area contributed by atoms with E-state index in [0.29, 0.717) is 0 Å². The van der Waals surface area contributed by atoms with Gasteiger partial charge in [0.25, 0.3) is 0 Å². The molecule has 0 saturated carbocycles. The highest BCUT2D eigenvalue weighted by atomic mass is 79.9. The number of rotatable bonds is 3. The van der Waals surface area contributed by atoms with Gasteiger partial charge >= 0.3 is 0 Å². The molecule has 0 amide bonds. The molecule has 0 radical (unpaired) electrons. The van der Waals surface area contributed by atoms with E-state index in [2.05, 4.69) is 55.9 Å². The smallest absolute Gasteiger partial charge is 0.0651 e. The van der Waals surface area contributed by atoms with E-state index in [1.165, 1.54) is 5.56 Å². The van der Waals surface area contributed by atoms with E-state index in [1.807, 2.05) is 18.2 Å². The molecule has 0 bridgehead atoms. The summed E-state index contributed by atoms with van der Waals surface area (Å²) in [5, 5.41) is -0.0683. The Balaban J connectivity index is 2.28. The molecule has 2 atom stereocenters. The number of aromatic nitrogens is 1. The van der Waals surface area contributed by atoms with E-state index < -0.39 is 0 Å². The summed E-state index contributed by atoms with van der Waals surface area (Å²) >= 11 is 13.5. The van der Waals surface area contributed by atoms with Crippen LogP contribution in [0.1, 0.15) is 29.3 Å². The summed E-state index contributed by atoms with van der Waals surface area (Å²) in [7, 11) is 0. The number of hydrogen-bond donors (Lipinski definition) is 0. The Morgan fingerprint density at radius 2 is 1.56 bits per heavy atom. The Bertz CT molecular complexity index is 510.